The lowest BCUT2D eigenvalue weighted by atomic mass is 9.84. The van der Waals surface area contributed by atoms with Crippen LogP contribution < -0.4 is 0 Å². The summed E-state index contributed by atoms with van der Waals surface area (Å²) in [4.78, 5) is 12.2. The second-order valence-corrected chi connectivity index (χ2v) is 5.07. The van der Waals surface area contributed by atoms with Crippen molar-refractivity contribution in [2.24, 2.45) is 5.92 Å². The molecule has 1 aromatic rings. The molecule has 2 nitrogen and oxygen atoms in total. The number of hydrogen-bond donors (Lipinski definition) is 0. The number of halogens is 1. The first-order chi connectivity index (χ1) is 8.72. The second kappa shape index (κ2) is 6.17. The van der Waals surface area contributed by atoms with Crippen molar-refractivity contribution in [3.8, 4) is 0 Å². The maximum absolute atomic E-state index is 12.2. The molecular weight excluding hydrogens is 248 g/mol. The Bertz CT molecular complexity index is 439. The average molecular weight is 265 g/mol. The van der Waals surface area contributed by atoms with Crippen LogP contribution in [0.15, 0.2) is 35.9 Å². The van der Waals surface area contributed by atoms with E-state index in [0.29, 0.717) is 6.61 Å². The maximum atomic E-state index is 12.2. The monoisotopic (exact) mass is 264 g/mol. The molecule has 2 atom stereocenters. The number of carbonyl (C=O) groups is 1. The van der Waals surface area contributed by atoms with Gasteiger partial charge in [0, 0.05) is 13.0 Å². The summed E-state index contributed by atoms with van der Waals surface area (Å²) in [5, 5.41) is -0.450. The third kappa shape index (κ3) is 3.01. The first kappa shape index (κ1) is 13.3. The Balaban J connectivity index is 2.13. The minimum Gasteiger partial charge on any atom is -0.384 e. The summed E-state index contributed by atoms with van der Waals surface area (Å²) in [7, 11) is 1.64. The number of Topliss-reactive ketones (excluding diaryl/α,β-unsaturated/α-hetero) is 1. The highest BCUT2D eigenvalue weighted by Gasteiger charge is 2.33. The lowest BCUT2D eigenvalue weighted by Crippen LogP contribution is -2.33. The highest BCUT2D eigenvalue weighted by atomic mass is 35.5. The molecule has 0 aliphatic heterocycles. The molecule has 1 fully saturated rings. The van der Waals surface area contributed by atoms with Gasteiger partial charge < -0.3 is 4.74 Å². The van der Waals surface area contributed by atoms with Gasteiger partial charge >= 0.3 is 0 Å². The van der Waals surface area contributed by atoms with E-state index in [0.717, 1.165) is 24.0 Å². The molecule has 1 aromatic carbocycles. The van der Waals surface area contributed by atoms with Crippen molar-refractivity contribution in [2.75, 3.05) is 13.7 Å². The van der Waals surface area contributed by atoms with Gasteiger partial charge in [0.25, 0.3) is 0 Å². The van der Waals surface area contributed by atoms with E-state index in [4.69, 9.17) is 16.3 Å². The van der Waals surface area contributed by atoms with Gasteiger partial charge in [0.15, 0.2) is 5.78 Å². The van der Waals surface area contributed by atoms with E-state index in [1.54, 1.807) is 7.11 Å². The highest BCUT2D eigenvalue weighted by Crippen LogP contribution is 2.30. The van der Waals surface area contributed by atoms with Crippen LogP contribution in [0.1, 0.15) is 18.4 Å². The molecule has 2 unspecified atom stereocenters. The number of benzene rings is 1. The molecule has 1 aliphatic carbocycles. The van der Waals surface area contributed by atoms with E-state index in [1.807, 2.05) is 36.4 Å². The molecule has 18 heavy (non-hydrogen) atoms. The van der Waals surface area contributed by atoms with Crippen LogP contribution in [0.4, 0.5) is 0 Å². The van der Waals surface area contributed by atoms with Crippen LogP contribution in [0.25, 0.3) is 6.08 Å². The summed E-state index contributed by atoms with van der Waals surface area (Å²) in [6, 6.07) is 9.87. The van der Waals surface area contributed by atoms with Crippen molar-refractivity contribution in [3.05, 3.63) is 41.5 Å². The molecule has 2 rings (SSSR count). The number of ether oxygens (including phenoxy) is 1. The molecule has 0 aromatic heterocycles. The molecule has 0 amide bonds. The summed E-state index contributed by atoms with van der Waals surface area (Å²) < 4.78 is 5.10. The van der Waals surface area contributed by atoms with E-state index < -0.39 is 5.38 Å². The largest absolute Gasteiger partial charge is 0.384 e. The standard InChI is InChI=1S/C15H17ClO2/c1-18-10-13-8-7-12(15(17)14(13)16)9-11-5-3-2-4-6-11/h2-6,9,13-14H,7-8,10H2,1H3. The quantitative estimate of drug-likeness (QED) is 0.619. The number of hydrogen-bond acceptors (Lipinski definition) is 2. The van der Waals surface area contributed by atoms with Crippen LogP contribution in [0.5, 0.6) is 0 Å². The van der Waals surface area contributed by atoms with Gasteiger partial charge in [-0.15, -0.1) is 11.6 Å². The zero-order valence-electron chi connectivity index (χ0n) is 10.4. The van der Waals surface area contributed by atoms with Crippen molar-refractivity contribution in [1.82, 2.24) is 0 Å². The predicted octanol–water partition coefficient (Wildman–Crippen LogP) is 3.30. The number of rotatable bonds is 3. The summed E-state index contributed by atoms with van der Waals surface area (Å²) >= 11 is 6.20. The van der Waals surface area contributed by atoms with Gasteiger partial charge in [0.05, 0.1) is 6.61 Å². The first-order valence-corrected chi connectivity index (χ1v) is 6.59. The van der Waals surface area contributed by atoms with Gasteiger partial charge in [0.2, 0.25) is 0 Å². The van der Waals surface area contributed by atoms with E-state index in [9.17, 15) is 4.79 Å². The smallest absolute Gasteiger partial charge is 0.177 e. The van der Waals surface area contributed by atoms with Crippen LogP contribution in [-0.2, 0) is 9.53 Å². The van der Waals surface area contributed by atoms with Crippen molar-refractivity contribution in [1.29, 1.82) is 0 Å². The summed E-state index contributed by atoms with van der Waals surface area (Å²) in [5.41, 5.74) is 1.88. The van der Waals surface area contributed by atoms with E-state index in [-0.39, 0.29) is 11.7 Å². The Morgan fingerprint density at radius 2 is 2.11 bits per heavy atom. The number of methoxy groups -OCH3 is 1. The van der Waals surface area contributed by atoms with Gasteiger partial charge in [-0.2, -0.15) is 0 Å². The number of ketones is 1. The second-order valence-electron chi connectivity index (χ2n) is 4.60. The Morgan fingerprint density at radius 3 is 2.78 bits per heavy atom. The number of allylic oxidation sites excluding steroid dienone is 1. The van der Waals surface area contributed by atoms with E-state index in [1.165, 1.54) is 0 Å². The molecular formula is C15H17ClO2. The van der Waals surface area contributed by atoms with Gasteiger partial charge in [-0.3, -0.25) is 4.79 Å². The summed E-state index contributed by atoms with van der Waals surface area (Å²) in [6.07, 6.45) is 3.64. The normalized spacial score (nSPS) is 26.6. The van der Waals surface area contributed by atoms with Crippen LogP contribution in [0, 0.1) is 5.92 Å². The molecule has 0 N–H and O–H groups in total. The molecule has 1 saturated carbocycles. The topological polar surface area (TPSA) is 26.3 Å². The SMILES string of the molecule is COCC1CCC(=Cc2ccccc2)C(=O)C1Cl. The molecule has 3 heteroatoms. The van der Waals surface area contributed by atoms with Gasteiger partial charge in [-0.05, 0) is 30.1 Å². The third-order valence-electron chi connectivity index (χ3n) is 3.29. The fourth-order valence-corrected chi connectivity index (χ4v) is 2.62. The third-order valence-corrected chi connectivity index (χ3v) is 3.84. The fraction of sp³-hybridized carbons (Fsp3) is 0.400. The van der Waals surface area contributed by atoms with E-state index >= 15 is 0 Å². The first-order valence-electron chi connectivity index (χ1n) is 6.15. The maximum Gasteiger partial charge on any atom is 0.177 e. The van der Waals surface area contributed by atoms with E-state index in [2.05, 4.69) is 0 Å². The molecule has 0 saturated heterocycles. The van der Waals surface area contributed by atoms with Crippen LogP contribution in [0.3, 0.4) is 0 Å². The van der Waals surface area contributed by atoms with Gasteiger partial charge in [-0.25, -0.2) is 0 Å². The van der Waals surface area contributed by atoms with Gasteiger partial charge in [0.1, 0.15) is 5.38 Å². The minimum absolute atomic E-state index is 0.0498. The van der Waals surface area contributed by atoms with Crippen molar-refractivity contribution in [2.45, 2.75) is 18.2 Å². The minimum atomic E-state index is -0.450. The number of alkyl halides is 1. The Morgan fingerprint density at radius 1 is 1.39 bits per heavy atom. The fourth-order valence-electron chi connectivity index (χ4n) is 2.28. The summed E-state index contributed by atoms with van der Waals surface area (Å²) in [5.74, 6) is 0.186. The predicted molar refractivity (Wildman–Crippen MR) is 73.7 cm³/mol. The molecule has 0 radical (unpaired) electrons. The zero-order chi connectivity index (χ0) is 13.0. The molecule has 0 heterocycles. The molecule has 0 bridgehead atoms. The molecule has 1 aliphatic rings. The Hall–Kier alpha value is -1.12. The average Bonchev–Trinajstić information content (AvgIpc) is 2.40. The van der Waals surface area contributed by atoms with Crippen molar-refractivity contribution < 1.29 is 9.53 Å². The van der Waals surface area contributed by atoms with Crippen LogP contribution >= 0.6 is 11.6 Å². The number of carbonyl (C=O) groups excluding carboxylic acids is 1. The van der Waals surface area contributed by atoms with Crippen molar-refractivity contribution in [3.63, 3.8) is 0 Å². The van der Waals surface area contributed by atoms with Crippen LogP contribution in [-0.4, -0.2) is 24.9 Å². The zero-order valence-corrected chi connectivity index (χ0v) is 11.2. The van der Waals surface area contributed by atoms with Crippen molar-refractivity contribution >= 4 is 23.5 Å². The highest BCUT2D eigenvalue weighted by molar-refractivity contribution is 6.34. The lowest BCUT2D eigenvalue weighted by Gasteiger charge is -2.27. The Kier molecular flexibility index (Phi) is 4.56. The van der Waals surface area contributed by atoms with Crippen LogP contribution in [0.2, 0.25) is 0 Å². The lowest BCUT2D eigenvalue weighted by molar-refractivity contribution is -0.117. The molecule has 0 spiro atoms. The Labute approximate surface area is 113 Å². The summed E-state index contributed by atoms with van der Waals surface area (Å²) in [6.45, 7) is 0.554. The van der Waals surface area contributed by atoms with Gasteiger partial charge in [-0.1, -0.05) is 30.3 Å². The molecule has 96 valence electrons.